The van der Waals surface area contributed by atoms with Crippen molar-refractivity contribution in [2.24, 2.45) is 5.73 Å². The van der Waals surface area contributed by atoms with Crippen LogP contribution in [0.15, 0.2) is 33.7 Å². The third kappa shape index (κ3) is 6.05. The van der Waals surface area contributed by atoms with Gasteiger partial charge in [-0.05, 0) is 101 Å². The van der Waals surface area contributed by atoms with E-state index < -0.39 is 3.42 Å². The van der Waals surface area contributed by atoms with Crippen molar-refractivity contribution in [3.05, 3.63) is 33.7 Å². The van der Waals surface area contributed by atoms with Crippen LogP contribution in [0.3, 0.4) is 0 Å². The zero-order chi connectivity index (χ0) is 15.2. The fourth-order valence-corrected chi connectivity index (χ4v) is 3.10. The lowest BCUT2D eigenvalue weighted by atomic mass is 10.3. The summed E-state index contributed by atoms with van der Waals surface area (Å²) in [5.74, 6) is 1.41. The highest BCUT2D eigenvalue weighted by Gasteiger charge is 2.21. The number of hydrogen-bond acceptors (Lipinski definition) is 3. The molecule has 0 aliphatic heterocycles. The van der Waals surface area contributed by atoms with Crippen molar-refractivity contribution in [1.82, 2.24) is 0 Å². The molecule has 0 bridgehead atoms. The second-order valence-corrected chi connectivity index (χ2v) is 9.06. The van der Waals surface area contributed by atoms with E-state index in [9.17, 15) is 0 Å². The minimum Gasteiger partial charge on any atom is -0.491 e. The first-order chi connectivity index (χ1) is 9.39. The number of nitrogens with two attached hydrogens (primary N) is 1. The normalized spacial score (nSPS) is 11.2. The molecule has 0 spiro atoms. The maximum Gasteiger partial charge on any atom is 0.236 e. The lowest BCUT2D eigenvalue weighted by Gasteiger charge is -2.19. The molecule has 0 saturated carbocycles. The van der Waals surface area contributed by atoms with Crippen molar-refractivity contribution in [3.8, 4) is 11.5 Å². The van der Waals surface area contributed by atoms with E-state index in [0.29, 0.717) is 18.9 Å². The van der Waals surface area contributed by atoms with Gasteiger partial charge in [-0.25, -0.2) is 0 Å². The smallest absolute Gasteiger partial charge is 0.236 e. The average molecular weight is 537 g/mol. The first kappa shape index (κ1) is 18.5. The molecular weight excluding hydrogens is 522 g/mol. The molecule has 0 amide bonds. The van der Waals surface area contributed by atoms with Gasteiger partial charge >= 0.3 is 0 Å². The molecule has 0 aliphatic rings. The van der Waals surface area contributed by atoms with Crippen LogP contribution in [-0.2, 0) is 0 Å². The van der Waals surface area contributed by atoms with Gasteiger partial charge in [0.05, 0.1) is 15.6 Å². The Balaban J connectivity index is 2.78. The van der Waals surface area contributed by atoms with Gasteiger partial charge in [0.25, 0.3) is 0 Å². The Morgan fingerprint density at radius 1 is 1.20 bits per heavy atom. The zero-order valence-electron chi connectivity index (χ0n) is 10.7. The fourth-order valence-electron chi connectivity index (χ4n) is 1.35. The fraction of sp³-hybridized carbons (Fsp3) is 0.385. The van der Waals surface area contributed by atoms with Crippen molar-refractivity contribution < 1.29 is 9.47 Å². The summed E-state index contributed by atoms with van der Waals surface area (Å²) < 4.78 is 12.3. The van der Waals surface area contributed by atoms with Crippen molar-refractivity contribution >= 4 is 63.7 Å². The Labute approximate surface area is 152 Å². The monoisotopic (exact) mass is 533 g/mol. The van der Waals surface area contributed by atoms with Gasteiger partial charge in [0.1, 0.15) is 11.5 Å². The number of unbranched alkanes of at least 4 members (excludes halogenated alkanes) is 1. The Morgan fingerprint density at radius 2 is 1.80 bits per heavy atom. The summed E-state index contributed by atoms with van der Waals surface area (Å²) in [5.41, 5.74) is 5.45. The van der Waals surface area contributed by atoms with E-state index in [4.69, 9.17) is 15.2 Å². The van der Waals surface area contributed by atoms with Gasteiger partial charge in [-0.1, -0.05) is 6.58 Å². The zero-order valence-corrected chi connectivity index (χ0v) is 17.0. The van der Waals surface area contributed by atoms with Crippen LogP contribution in [0.25, 0.3) is 0 Å². The third-order valence-electron chi connectivity index (χ3n) is 2.31. The van der Waals surface area contributed by atoms with Crippen molar-refractivity contribution in [2.45, 2.75) is 16.3 Å². The average Bonchev–Trinajstić information content (AvgIpc) is 2.36. The Morgan fingerprint density at radius 3 is 2.30 bits per heavy atom. The molecule has 0 aromatic heterocycles. The first-order valence-electron chi connectivity index (χ1n) is 5.92. The van der Waals surface area contributed by atoms with Gasteiger partial charge in [-0.15, -0.1) is 0 Å². The van der Waals surface area contributed by atoms with Gasteiger partial charge in [-0.2, -0.15) is 0 Å². The second-order valence-electron chi connectivity index (χ2n) is 3.93. The second kappa shape index (κ2) is 8.78. The van der Waals surface area contributed by atoms with Gasteiger partial charge in [0.2, 0.25) is 3.42 Å². The van der Waals surface area contributed by atoms with Crippen molar-refractivity contribution in [2.75, 3.05) is 13.2 Å². The van der Waals surface area contributed by atoms with Crippen molar-refractivity contribution in [1.29, 1.82) is 0 Å². The van der Waals surface area contributed by atoms with Gasteiger partial charge in [0.15, 0.2) is 0 Å². The predicted octanol–water partition coefficient (Wildman–Crippen LogP) is 5.34. The summed E-state index contributed by atoms with van der Waals surface area (Å²) in [4.78, 5) is 0. The molecule has 0 aliphatic carbocycles. The molecule has 0 fully saturated rings. The topological polar surface area (TPSA) is 44.5 Å². The summed E-state index contributed by atoms with van der Waals surface area (Å²) in [6.45, 7) is 4.98. The largest absolute Gasteiger partial charge is 0.491 e. The Kier molecular flexibility index (Phi) is 8.12. The summed E-state index contributed by atoms with van der Waals surface area (Å²) in [6.07, 6.45) is 3.48. The lowest BCUT2D eigenvalue weighted by Crippen LogP contribution is -2.16. The van der Waals surface area contributed by atoms with Gasteiger partial charge in [0, 0.05) is 0 Å². The van der Waals surface area contributed by atoms with E-state index in [1.54, 1.807) is 6.08 Å². The van der Waals surface area contributed by atoms with Crippen LogP contribution in [0.5, 0.6) is 11.5 Å². The van der Waals surface area contributed by atoms with Crippen LogP contribution in [0.4, 0.5) is 0 Å². The van der Waals surface area contributed by atoms with Crippen LogP contribution in [0.2, 0.25) is 0 Å². The number of hydrogen-bond donors (Lipinski definition) is 1. The summed E-state index contributed by atoms with van der Waals surface area (Å²) in [6, 6.07) is 3.67. The van der Waals surface area contributed by atoms with Crippen LogP contribution >= 0.6 is 63.7 Å². The third-order valence-corrected chi connectivity index (χ3v) is 4.46. The molecule has 1 aromatic rings. The van der Waals surface area contributed by atoms with E-state index in [0.717, 1.165) is 27.5 Å². The molecule has 0 heterocycles. The molecule has 1 rings (SSSR count). The summed E-state index contributed by atoms with van der Waals surface area (Å²) >= 11 is 13.7. The highest BCUT2D eigenvalue weighted by molar-refractivity contribution is 9.25. The molecule has 0 radical (unpaired) electrons. The van der Waals surface area contributed by atoms with E-state index >= 15 is 0 Å². The van der Waals surface area contributed by atoms with Crippen LogP contribution in [0, 0.1) is 0 Å². The van der Waals surface area contributed by atoms with E-state index in [1.165, 1.54) is 0 Å². The highest BCUT2D eigenvalue weighted by Crippen LogP contribution is 2.40. The number of rotatable bonds is 8. The standard InChI is InChI=1S/C13H15Br4NO2/c1-2-13(16,17)20-9-7-10(14)12(11(15)8-9)19-6-4-3-5-18/h2,7-8H,1,3-6,18H2. The van der Waals surface area contributed by atoms with Crippen LogP contribution < -0.4 is 15.2 Å². The molecule has 112 valence electrons. The summed E-state index contributed by atoms with van der Waals surface area (Å²) in [7, 11) is 0. The molecule has 0 saturated heterocycles. The maximum atomic E-state index is 5.73. The molecule has 0 atom stereocenters. The van der Waals surface area contributed by atoms with Gasteiger partial charge < -0.3 is 15.2 Å². The Hall–Kier alpha value is 0.440. The summed E-state index contributed by atoms with van der Waals surface area (Å²) in [5, 5.41) is 0. The highest BCUT2D eigenvalue weighted by atomic mass is 79.9. The Bertz CT molecular complexity index is 443. The van der Waals surface area contributed by atoms with E-state index in [-0.39, 0.29) is 0 Å². The molecule has 0 unspecified atom stereocenters. The van der Waals surface area contributed by atoms with E-state index in [1.807, 2.05) is 12.1 Å². The van der Waals surface area contributed by atoms with Gasteiger partial charge in [-0.3, -0.25) is 0 Å². The quantitative estimate of drug-likeness (QED) is 0.277. The minimum absolute atomic E-state index is 0.627. The molecule has 3 nitrogen and oxygen atoms in total. The molecular formula is C13H15Br4NO2. The predicted molar refractivity (Wildman–Crippen MR) is 97.0 cm³/mol. The molecule has 7 heteroatoms. The molecule has 20 heavy (non-hydrogen) atoms. The van der Waals surface area contributed by atoms with Crippen molar-refractivity contribution in [3.63, 3.8) is 0 Å². The number of alkyl halides is 2. The maximum absolute atomic E-state index is 5.73. The molecule has 2 N–H and O–H groups in total. The SMILES string of the molecule is C=CC(Br)(Br)Oc1cc(Br)c(OCCCCN)c(Br)c1. The minimum atomic E-state index is -0.789. The number of halogens is 4. The lowest BCUT2D eigenvalue weighted by molar-refractivity contribution is 0.298. The van der Waals surface area contributed by atoms with Crippen LogP contribution in [0.1, 0.15) is 12.8 Å². The number of benzene rings is 1. The first-order valence-corrected chi connectivity index (χ1v) is 9.09. The van der Waals surface area contributed by atoms with E-state index in [2.05, 4.69) is 70.3 Å². The van der Waals surface area contributed by atoms with Crippen LogP contribution in [-0.4, -0.2) is 16.6 Å². The molecule has 1 aromatic carbocycles. The number of ether oxygens (including phenoxy) is 2.